The van der Waals surface area contributed by atoms with Crippen LogP contribution in [0.15, 0.2) is 54.6 Å². The highest BCUT2D eigenvalue weighted by Gasteiger charge is 2.56. The lowest BCUT2D eigenvalue weighted by molar-refractivity contribution is -0.137. The third kappa shape index (κ3) is 4.78. The van der Waals surface area contributed by atoms with Gasteiger partial charge in [0.2, 0.25) is 11.8 Å². The van der Waals surface area contributed by atoms with E-state index in [0.29, 0.717) is 12.1 Å². The Balaban J connectivity index is 1.58. The lowest BCUT2D eigenvalue weighted by atomic mass is 9.80. The summed E-state index contributed by atoms with van der Waals surface area (Å²) >= 11 is 0. The average molecular weight is 489 g/mol. The van der Waals surface area contributed by atoms with Crippen molar-refractivity contribution in [3.8, 4) is 6.07 Å². The van der Waals surface area contributed by atoms with Crippen LogP contribution in [0.25, 0.3) is 0 Å². The standard InChI is InChI=1S/C28H32N4O4/c1-27(2,3)15-23(31(4)26(35)36-17-19-10-6-5-7-11-19)24(33)32-18-28(14-20(32)16-29)21-12-8-9-13-22(21)30-25(28)34/h5-13,20,23H,14-15,17-18H2,1-4H3,(H,30,34)/t20-,23-,28-/m0/s1. The Hall–Kier alpha value is -3.86. The van der Waals surface area contributed by atoms with E-state index in [2.05, 4.69) is 11.4 Å². The summed E-state index contributed by atoms with van der Waals surface area (Å²) in [7, 11) is 1.55. The first-order chi connectivity index (χ1) is 17.1. The maximum atomic E-state index is 14.0. The Morgan fingerprint density at radius 3 is 2.53 bits per heavy atom. The van der Waals surface area contributed by atoms with Gasteiger partial charge in [0.15, 0.2) is 0 Å². The van der Waals surface area contributed by atoms with E-state index < -0.39 is 23.6 Å². The van der Waals surface area contributed by atoms with Gasteiger partial charge in [0, 0.05) is 25.7 Å². The van der Waals surface area contributed by atoms with E-state index in [9.17, 15) is 19.6 Å². The predicted octanol–water partition coefficient (Wildman–Crippen LogP) is 4.07. The largest absolute Gasteiger partial charge is 0.445 e. The number of rotatable bonds is 5. The molecule has 1 saturated heterocycles. The summed E-state index contributed by atoms with van der Waals surface area (Å²) in [5.41, 5.74) is 1.08. The fraction of sp³-hybridized carbons (Fsp3) is 0.429. The van der Waals surface area contributed by atoms with Gasteiger partial charge in [-0.05, 0) is 29.0 Å². The zero-order valence-corrected chi connectivity index (χ0v) is 21.2. The third-order valence-electron chi connectivity index (χ3n) is 6.97. The number of likely N-dealkylation sites (tertiary alicyclic amines) is 1. The average Bonchev–Trinajstić information content (AvgIpc) is 3.38. The van der Waals surface area contributed by atoms with E-state index in [1.807, 2.05) is 75.4 Å². The fourth-order valence-corrected chi connectivity index (χ4v) is 5.10. The minimum Gasteiger partial charge on any atom is -0.445 e. The first-order valence-corrected chi connectivity index (χ1v) is 12.1. The Bertz CT molecular complexity index is 1200. The summed E-state index contributed by atoms with van der Waals surface area (Å²) in [6, 6.07) is 17.3. The molecule has 2 heterocycles. The van der Waals surface area contributed by atoms with Gasteiger partial charge in [-0.15, -0.1) is 0 Å². The number of hydrogen-bond donors (Lipinski definition) is 1. The monoisotopic (exact) mass is 488 g/mol. The number of carbonyl (C=O) groups is 3. The Morgan fingerprint density at radius 1 is 1.19 bits per heavy atom. The van der Waals surface area contributed by atoms with Crippen molar-refractivity contribution in [1.29, 1.82) is 5.26 Å². The molecule has 8 nitrogen and oxygen atoms in total. The number of nitrogens with zero attached hydrogens (tertiary/aromatic N) is 3. The number of likely N-dealkylation sites (N-methyl/N-ethyl adjacent to an activating group) is 1. The molecule has 1 spiro atoms. The van der Waals surface area contributed by atoms with Crippen molar-refractivity contribution in [3.63, 3.8) is 0 Å². The number of anilines is 1. The molecule has 1 fully saturated rings. The second kappa shape index (κ2) is 9.65. The quantitative estimate of drug-likeness (QED) is 0.683. The fourth-order valence-electron chi connectivity index (χ4n) is 5.10. The molecule has 2 aromatic carbocycles. The molecule has 2 aliphatic heterocycles. The maximum absolute atomic E-state index is 14.0. The van der Waals surface area contributed by atoms with Crippen molar-refractivity contribution >= 4 is 23.6 Å². The number of benzene rings is 2. The number of nitriles is 1. The van der Waals surface area contributed by atoms with Gasteiger partial charge in [-0.3, -0.25) is 14.5 Å². The molecule has 2 aromatic rings. The van der Waals surface area contributed by atoms with E-state index in [1.165, 1.54) is 9.80 Å². The molecule has 0 aromatic heterocycles. The molecule has 0 unspecified atom stereocenters. The van der Waals surface area contributed by atoms with Crippen molar-refractivity contribution in [2.75, 3.05) is 18.9 Å². The van der Waals surface area contributed by atoms with Crippen molar-refractivity contribution in [3.05, 3.63) is 65.7 Å². The predicted molar refractivity (Wildman–Crippen MR) is 135 cm³/mol. The van der Waals surface area contributed by atoms with Crippen LogP contribution >= 0.6 is 0 Å². The normalized spacial score (nSPS) is 21.5. The molecule has 3 amide bonds. The molecule has 8 heteroatoms. The van der Waals surface area contributed by atoms with Crippen LogP contribution in [0.2, 0.25) is 0 Å². The van der Waals surface area contributed by atoms with E-state index >= 15 is 0 Å². The van der Waals surface area contributed by atoms with E-state index in [1.54, 1.807) is 7.05 Å². The van der Waals surface area contributed by atoms with Crippen LogP contribution in [0, 0.1) is 16.7 Å². The molecule has 1 N–H and O–H groups in total. The number of para-hydroxylation sites is 1. The Labute approximate surface area is 211 Å². The van der Waals surface area contributed by atoms with Crippen LogP contribution in [-0.2, 0) is 26.3 Å². The molecule has 0 aliphatic carbocycles. The van der Waals surface area contributed by atoms with Crippen molar-refractivity contribution < 1.29 is 19.1 Å². The molecule has 0 bridgehead atoms. The van der Waals surface area contributed by atoms with Gasteiger partial charge >= 0.3 is 6.09 Å². The summed E-state index contributed by atoms with van der Waals surface area (Å²) in [4.78, 5) is 42.8. The van der Waals surface area contributed by atoms with Gasteiger partial charge in [0.05, 0.1) is 11.5 Å². The lowest BCUT2D eigenvalue weighted by Crippen LogP contribution is -2.52. The van der Waals surface area contributed by atoms with Gasteiger partial charge in [0.25, 0.3) is 0 Å². The first kappa shape index (κ1) is 25.2. The number of hydrogen-bond acceptors (Lipinski definition) is 5. The molecule has 0 saturated carbocycles. The van der Waals surface area contributed by atoms with Crippen molar-refractivity contribution in [2.45, 2.75) is 57.7 Å². The highest BCUT2D eigenvalue weighted by molar-refractivity contribution is 6.07. The number of carbonyl (C=O) groups excluding carboxylic acids is 3. The van der Waals surface area contributed by atoms with E-state index in [0.717, 1.165) is 11.1 Å². The number of amides is 3. The minimum atomic E-state index is -0.981. The smallest absolute Gasteiger partial charge is 0.410 e. The molecule has 36 heavy (non-hydrogen) atoms. The Kier molecular flexibility index (Phi) is 6.77. The summed E-state index contributed by atoms with van der Waals surface area (Å²) < 4.78 is 5.50. The molecular formula is C28H32N4O4. The van der Waals surface area contributed by atoms with Crippen molar-refractivity contribution in [2.24, 2.45) is 5.41 Å². The Morgan fingerprint density at radius 2 is 1.86 bits per heavy atom. The first-order valence-electron chi connectivity index (χ1n) is 12.1. The summed E-state index contributed by atoms with van der Waals surface area (Å²) in [5, 5.41) is 12.9. The zero-order valence-electron chi connectivity index (χ0n) is 21.2. The van der Waals surface area contributed by atoms with Gasteiger partial charge in [-0.1, -0.05) is 69.3 Å². The van der Waals surface area contributed by atoms with Crippen LogP contribution < -0.4 is 5.32 Å². The van der Waals surface area contributed by atoms with Crippen LogP contribution in [0.5, 0.6) is 0 Å². The number of fused-ring (bicyclic) bond motifs is 2. The van der Waals surface area contributed by atoms with Gasteiger partial charge in [-0.25, -0.2) is 4.79 Å². The van der Waals surface area contributed by atoms with Gasteiger partial charge in [0.1, 0.15) is 18.7 Å². The van der Waals surface area contributed by atoms with Crippen molar-refractivity contribution in [1.82, 2.24) is 9.80 Å². The SMILES string of the molecule is CN(C(=O)OCc1ccccc1)[C@@H](CC(C)(C)C)C(=O)N1C[C@]2(C[C@H]1C#N)C(=O)Nc1ccccc12. The molecular weight excluding hydrogens is 456 g/mol. The molecule has 188 valence electrons. The van der Waals surface area contributed by atoms with E-state index in [4.69, 9.17) is 4.74 Å². The molecule has 2 aliphatic rings. The second-order valence-electron chi connectivity index (χ2n) is 10.8. The zero-order chi connectivity index (χ0) is 26.1. The van der Waals surface area contributed by atoms with Gasteiger partial charge < -0.3 is 15.0 Å². The summed E-state index contributed by atoms with van der Waals surface area (Å²) in [5.74, 6) is -0.563. The molecule has 4 rings (SSSR count). The number of ether oxygens (including phenoxy) is 1. The highest BCUT2D eigenvalue weighted by atomic mass is 16.6. The highest BCUT2D eigenvalue weighted by Crippen LogP contribution is 2.46. The van der Waals surface area contributed by atoms with Gasteiger partial charge in [-0.2, -0.15) is 5.26 Å². The maximum Gasteiger partial charge on any atom is 0.410 e. The van der Waals surface area contributed by atoms with E-state index in [-0.39, 0.29) is 36.8 Å². The van der Waals surface area contributed by atoms with Crippen LogP contribution in [0.1, 0.15) is 44.7 Å². The number of nitrogens with one attached hydrogen (secondary N) is 1. The molecule has 3 atom stereocenters. The van der Waals surface area contributed by atoms with Crippen LogP contribution in [-0.4, -0.2) is 53.4 Å². The third-order valence-corrected chi connectivity index (χ3v) is 6.97. The summed E-state index contributed by atoms with van der Waals surface area (Å²) in [6.07, 6.45) is -0.0387. The van der Waals surface area contributed by atoms with Crippen LogP contribution in [0.3, 0.4) is 0 Å². The second-order valence-corrected chi connectivity index (χ2v) is 10.8. The lowest BCUT2D eigenvalue weighted by Gasteiger charge is -2.35. The summed E-state index contributed by atoms with van der Waals surface area (Å²) in [6.45, 7) is 6.14. The van der Waals surface area contributed by atoms with Crippen LogP contribution in [0.4, 0.5) is 10.5 Å². The molecule has 0 radical (unpaired) electrons. The topological polar surface area (TPSA) is 103 Å². The minimum absolute atomic E-state index is 0.0838.